The Balaban J connectivity index is 0. The van der Waals surface area contributed by atoms with Gasteiger partial charge in [-0.2, -0.15) is 0 Å². The van der Waals surface area contributed by atoms with Gasteiger partial charge < -0.3 is 10.4 Å². The summed E-state index contributed by atoms with van der Waals surface area (Å²) in [6, 6.07) is -0.856. The van der Waals surface area contributed by atoms with E-state index in [9.17, 15) is 9.59 Å². The van der Waals surface area contributed by atoms with Gasteiger partial charge in [-0.3, -0.25) is 9.59 Å². The minimum Gasteiger partial charge on any atom is -0.480 e. The highest BCUT2D eigenvalue weighted by molar-refractivity contribution is 5.90. The highest BCUT2D eigenvalue weighted by Crippen LogP contribution is 1.80. The van der Waals surface area contributed by atoms with Crippen molar-refractivity contribution in [3.05, 3.63) is 12.7 Å². The Kier molecular flexibility index (Phi) is 7.34. The lowest BCUT2D eigenvalue weighted by molar-refractivity contribution is -0.140. The normalized spacial score (nSPS) is 10.6. The molecule has 0 heterocycles. The minimum atomic E-state index is -1.06. The van der Waals surface area contributed by atoms with E-state index < -0.39 is 17.9 Å². The van der Waals surface area contributed by atoms with Crippen LogP contribution in [0.1, 0.15) is 6.92 Å². The van der Waals surface area contributed by atoms with Crippen molar-refractivity contribution in [3.63, 3.8) is 0 Å². The Hall–Kier alpha value is -0.554. The molecule has 2 N–H and O–H groups in total. The fraction of sp³-hybridized carbons (Fsp3) is 0.333. The average Bonchev–Trinajstić information content (AvgIpc) is 1.87. The molecule has 0 aliphatic rings. The molecule has 0 unspecified atom stereocenters. The maximum atomic E-state index is 10.4. The number of carbonyl (C=O) groups excluding carboxylic acids is 1. The van der Waals surface area contributed by atoms with Crippen molar-refractivity contribution in [1.29, 1.82) is 0 Å². The molecule has 0 aromatic heterocycles. The summed E-state index contributed by atoms with van der Waals surface area (Å²) < 4.78 is 0. The largest absolute Gasteiger partial charge is 0.480 e. The first kappa shape index (κ1) is 13.1. The number of rotatable bonds is 3. The molecule has 0 bridgehead atoms. The van der Waals surface area contributed by atoms with E-state index in [4.69, 9.17) is 5.11 Å². The topological polar surface area (TPSA) is 66.4 Å². The van der Waals surface area contributed by atoms with Crippen LogP contribution in [0, 0.1) is 0 Å². The van der Waals surface area contributed by atoms with Crippen LogP contribution in [0.25, 0.3) is 0 Å². The molecule has 0 aromatic rings. The molecule has 0 aromatic carbocycles. The third kappa shape index (κ3) is 5.87. The van der Waals surface area contributed by atoms with E-state index in [1.54, 1.807) is 0 Å². The van der Waals surface area contributed by atoms with E-state index in [-0.39, 0.29) is 23.1 Å². The van der Waals surface area contributed by atoms with Crippen LogP contribution >= 0.6 is 0 Å². The maximum absolute atomic E-state index is 10.4. The standard InChI is InChI=1S/C6H9NO3.Mg/c1-3-5(8)7-4(2)6(9)10;/h3-4H,1H2,2H3,(H,7,8)(H,9,10);/t4-;/m0./s1. The lowest BCUT2D eigenvalue weighted by Gasteiger charge is -2.04. The first-order valence-electron chi connectivity index (χ1n) is 2.73. The lowest BCUT2D eigenvalue weighted by atomic mass is 10.3. The van der Waals surface area contributed by atoms with Gasteiger partial charge in [0.25, 0.3) is 0 Å². The van der Waals surface area contributed by atoms with Crippen LogP contribution in [0.3, 0.4) is 0 Å². The molecular weight excluding hydrogens is 158 g/mol. The van der Waals surface area contributed by atoms with Gasteiger partial charge in [-0.1, -0.05) is 6.58 Å². The van der Waals surface area contributed by atoms with E-state index in [2.05, 4.69) is 11.9 Å². The predicted octanol–water partition coefficient (Wildman–Crippen LogP) is -0.619. The van der Waals surface area contributed by atoms with E-state index in [0.29, 0.717) is 0 Å². The van der Waals surface area contributed by atoms with Crippen molar-refractivity contribution in [2.24, 2.45) is 0 Å². The lowest BCUT2D eigenvalue weighted by Crippen LogP contribution is -2.37. The van der Waals surface area contributed by atoms with Crippen molar-refractivity contribution < 1.29 is 14.7 Å². The molecule has 11 heavy (non-hydrogen) atoms. The molecule has 0 aliphatic carbocycles. The van der Waals surface area contributed by atoms with Crippen LogP contribution in [0.5, 0.6) is 0 Å². The third-order valence-electron chi connectivity index (χ3n) is 0.915. The van der Waals surface area contributed by atoms with Gasteiger partial charge in [0.05, 0.1) is 0 Å². The van der Waals surface area contributed by atoms with Gasteiger partial charge in [-0.05, 0) is 13.0 Å². The van der Waals surface area contributed by atoms with E-state index in [1.165, 1.54) is 6.92 Å². The summed E-state index contributed by atoms with van der Waals surface area (Å²) in [7, 11) is 0. The van der Waals surface area contributed by atoms with Gasteiger partial charge >= 0.3 is 5.97 Å². The Morgan fingerprint density at radius 2 is 2.09 bits per heavy atom. The van der Waals surface area contributed by atoms with Crippen LogP contribution < -0.4 is 5.32 Å². The molecule has 0 saturated carbocycles. The second-order valence-electron chi connectivity index (χ2n) is 1.77. The summed E-state index contributed by atoms with van der Waals surface area (Å²) >= 11 is 0. The first-order chi connectivity index (χ1) is 4.57. The second-order valence-corrected chi connectivity index (χ2v) is 1.77. The van der Waals surface area contributed by atoms with E-state index in [1.807, 2.05) is 0 Å². The Labute approximate surface area is 80.8 Å². The molecule has 5 heteroatoms. The van der Waals surface area contributed by atoms with Gasteiger partial charge in [0.15, 0.2) is 0 Å². The van der Waals surface area contributed by atoms with Crippen molar-refractivity contribution >= 4 is 34.9 Å². The number of carboxylic acids is 1. The zero-order valence-corrected chi connectivity index (χ0v) is 7.75. The molecule has 0 aliphatic heterocycles. The number of hydrogen-bond acceptors (Lipinski definition) is 2. The Morgan fingerprint density at radius 1 is 1.64 bits per heavy atom. The quantitative estimate of drug-likeness (QED) is 0.435. The van der Waals surface area contributed by atoms with Gasteiger partial charge in [-0.15, -0.1) is 0 Å². The van der Waals surface area contributed by atoms with Crippen LogP contribution in [-0.4, -0.2) is 46.1 Å². The molecule has 0 rings (SSSR count). The van der Waals surface area contributed by atoms with Crippen LogP contribution in [0.15, 0.2) is 12.7 Å². The summed E-state index contributed by atoms with van der Waals surface area (Å²) in [6.45, 7) is 4.55. The summed E-state index contributed by atoms with van der Waals surface area (Å²) in [5, 5.41) is 10.4. The summed E-state index contributed by atoms with van der Waals surface area (Å²) in [6.07, 6.45) is 1.03. The molecule has 0 fully saturated rings. The van der Waals surface area contributed by atoms with E-state index in [0.717, 1.165) is 6.08 Å². The first-order valence-corrected chi connectivity index (χ1v) is 2.73. The number of amides is 1. The molecular formula is C6H9MgNO3. The summed E-state index contributed by atoms with van der Waals surface area (Å²) in [4.78, 5) is 20.5. The SMILES string of the molecule is C=CC(=O)N[C@@H](C)C(=O)O.[Mg]. The monoisotopic (exact) mass is 167 g/mol. The fourth-order valence-electron chi connectivity index (χ4n) is 0.334. The van der Waals surface area contributed by atoms with Crippen molar-refractivity contribution in [1.82, 2.24) is 5.32 Å². The molecule has 4 nitrogen and oxygen atoms in total. The molecule has 58 valence electrons. The predicted molar refractivity (Wildman–Crippen MR) is 41.2 cm³/mol. The van der Waals surface area contributed by atoms with Crippen molar-refractivity contribution in [2.45, 2.75) is 13.0 Å². The maximum Gasteiger partial charge on any atom is 0.325 e. The zero-order valence-electron chi connectivity index (χ0n) is 6.33. The van der Waals surface area contributed by atoms with Crippen LogP contribution in [0.4, 0.5) is 0 Å². The number of hydrogen-bond donors (Lipinski definition) is 2. The highest BCUT2D eigenvalue weighted by Gasteiger charge is 2.10. The molecule has 0 spiro atoms. The van der Waals surface area contributed by atoms with Gasteiger partial charge in [-0.25, -0.2) is 0 Å². The van der Waals surface area contributed by atoms with Gasteiger partial charge in [0, 0.05) is 23.1 Å². The van der Waals surface area contributed by atoms with Crippen molar-refractivity contribution in [3.8, 4) is 0 Å². The number of nitrogens with one attached hydrogen (secondary N) is 1. The molecule has 0 saturated heterocycles. The van der Waals surface area contributed by atoms with Crippen molar-refractivity contribution in [2.75, 3.05) is 0 Å². The number of carbonyl (C=O) groups is 2. The average molecular weight is 167 g/mol. The highest BCUT2D eigenvalue weighted by atomic mass is 24.3. The minimum absolute atomic E-state index is 0. The third-order valence-corrected chi connectivity index (χ3v) is 0.915. The molecule has 2 radical (unpaired) electrons. The van der Waals surface area contributed by atoms with Crippen LogP contribution in [0.2, 0.25) is 0 Å². The van der Waals surface area contributed by atoms with E-state index >= 15 is 0 Å². The van der Waals surface area contributed by atoms with Gasteiger partial charge in [0.1, 0.15) is 6.04 Å². The van der Waals surface area contributed by atoms with Crippen LogP contribution in [-0.2, 0) is 9.59 Å². The fourth-order valence-corrected chi connectivity index (χ4v) is 0.334. The molecule has 1 amide bonds. The summed E-state index contributed by atoms with van der Waals surface area (Å²) in [5.41, 5.74) is 0. The van der Waals surface area contributed by atoms with Gasteiger partial charge in [0.2, 0.25) is 5.91 Å². The summed E-state index contributed by atoms with van der Waals surface area (Å²) in [5.74, 6) is -1.54. The Bertz CT molecular complexity index is 169. The zero-order chi connectivity index (χ0) is 8.15. The molecule has 1 atom stereocenters. The number of aliphatic carboxylic acids is 1. The smallest absolute Gasteiger partial charge is 0.325 e. The Morgan fingerprint density at radius 3 is 2.36 bits per heavy atom. The second kappa shape index (κ2) is 6.18. The number of carboxylic acid groups (broad SMARTS) is 1.